The summed E-state index contributed by atoms with van der Waals surface area (Å²) in [5, 5.41) is 0. The second-order valence-electron chi connectivity index (χ2n) is 4.44. The lowest BCUT2D eigenvalue weighted by atomic mass is 10.0. The number of aryl methyl sites for hydroxylation is 2. The van der Waals surface area contributed by atoms with Crippen molar-refractivity contribution in [2.24, 2.45) is 13.0 Å². The molecule has 1 aromatic carbocycles. The van der Waals surface area contributed by atoms with E-state index in [0.29, 0.717) is 0 Å². The maximum Gasteiger partial charge on any atom is 0.165 e. The number of fused-ring (bicyclic) bond motifs is 1. The van der Waals surface area contributed by atoms with E-state index in [1.807, 2.05) is 50.6 Å². The predicted molar refractivity (Wildman–Crippen MR) is 64.6 cm³/mol. The molecule has 1 heterocycles. The summed E-state index contributed by atoms with van der Waals surface area (Å²) in [5.74, 6) is 1.16. The lowest BCUT2D eigenvalue weighted by molar-refractivity contribution is 0.0939. The molecule has 84 valence electrons. The molecule has 0 aliphatic rings. The first kappa shape index (κ1) is 10.9. The normalized spacial score (nSPS) is 11.3. The van der Waals surface area contributed by atoms with Crippen LogP contribution in [0.3, 0.4) is 0 Å². The number of carbonyl (C=O) groups is 1. The molecule has 2 rings (SSSR count). The largest absolute Gasteiger partial charge is 0.331 e. The molecule has 0 bridgehead atoms. The Kier molecular flexibility index (Phi) is 2.54. The van der Waals surface area contributed by atoms with Gasteiger partial charge in [-0.2, -0.15) is 0 Å². The standard InChI is InChI=1S/C13H16N2O/c1-8(2)13(16)10-5-6-12-11(7-10)14-9(3)15(12)4/h5-8H,1-4H3. The number of hydrogen-bond acceptors (Lipinski definition) is 2. The summed E-state index contributed by atoms with van der Waals surface area (Å²) >= 11 is 0. The van der Waals surface area contributed by atoms with Crippen LogP contribution in [0.1, 0.15) is 30.0 Å². The minimum absolute atomic E-state index is 0.0299. The number of ketones is 1. The van der Waals surface area contributed by atoms with Crippen LogP contribution >= 0.6 is 0 Å². The van der Waals surface area contributed by atoms with Crippen LogP contribution in [0.15, 0.2) is 18.2 Å². The Balaban J connectivity index is 2.57. The minimum Gasteiger partial charge on any atom is -0.331 e. The van der Waals surface area contributed by atoms with Gasteiger partial charge in [-0.05, 0) is 25.1 Å². The maximum absolute atomic E-state index is 11.8. The van der Waals surface area contributed by atoms with Crippen molar-refractivity contribution in [1.82, 2.24) is 9.55 Å². The average molecular weight is 216 g/mol. The molecule has 3 heteroatoms. The van der Waals surface area contributed by atoms with Crippen LogP contribution in [0.5, 0.6) is 0 Å². The summed E-state index contributed by atoms with van der Waals surface area (Å²) in [4.78, 5) is 16.3. The topological polar surface area (TPSA) is 34.9 Å². The van der Waals surface area contributed by atoms with E-state index in [2.05, 4.69) is 4.98 Å². The Bertz CT molecular complexity index is 552. The number of imidazole rings is 1. The molecule has 0 radical (unpaired) electrons. The molecule has 0 atom stereocenters. The molecule has 0 saturated carbocycles. The highest BCUT2D eigenvalue weighted by Gasteiger charge is 2.12. The van der Waals surface area contributed by atoms with E-state index in [9.17, 15) is 4.79 Å². The average Bonchev–Trinajstić information content (AvgIpc) is 2.53. The lowest BCUT2D eigenvalue weighted by Gasteiger charge is -2.03. The second-order valence-corrected chi connectivity index (χ2v) is 4.44. The Morgan fingerprint density at radius 3 is 2.69 bits per heavy atom. The van der Waals surface area contributed by atoms with Gasteiger partial charge in [-0.3, -0.25) is 4.79 Å². The molecule has 3 nitrogen and oxygen atoms in total. The second kappa shape index (κ2) is 3.74. The smallest absolute Gasteiger partial charge is 0.165 e. The first-order chi connectivity index (χ1) is 7.50. The summed E-state index contributed by atoms with van der Waals surface area (Å²) in [6.45, 7) is 5.79. The van der Waals surface area contributed by atoms with Gasteiger partial charge in [-0.25, -0.2) is 4.98 Å². The van der Waals surface area contributed by atoms with Crippen molar-refractivity contribution in [1.29, 1.82) is 0 Å². The third-order valence-corrected chi connectivity index (χ3v) is 2.91. The van der Waals surface area contributed by atoms with Gasteiger partial charge in [0.1, 0.15) is 5.82 Å². The SMILES string of the molecule is Cc1nc2cc(C(=O)C(C)C)ccc2n1C. The molecule has 0 unspecified atom stereocenters. The molecule has 1 aromatic heterocycles. The third-order valence-electron chi connectivity index (χ3n) is 2.91. The fourth-order valence-electron chi connectivity index (χ4n) is 1.81. The number of benzene rings is 1. The first-order valence-electron chi connectivity index (χ1n) is 5.48. The number of hydrogen-bond donors (Lipinski definition) is 0. The van der Waals surface area contributed by atoms with Gasteiger partial charge < -0.3 is 4.57 Å². The molecule has 2 aromatic rings. The van der Waals surface area contributed by atoms with Gasteiger partial charge in [-0.15, -0.1) is 0 Å². The number of carbonyl (C=O) groups excluding carboxylic acids is 1. The van der Waals surface area contributed by atoms with Gasteiger partial charge in [0.2, 0.25) is 0 Å². The van der Waals surface area contributed by atoms with Gasteiger partial charge in [0.15, 0.2) is 5.78 Å². The zero-order chi connectivity index (χ0) is 11.9. The van der Waals surface area contributed by atoms with Crippen molar-refractivity contribution in [3.8, 4) is 0 Å². The van der Waals surface area contributed by atoms with Crippen LogP contribution in [0, 0.1) is 12.8 Å². The van der Waals surface area contributed by atoms with Gasteiger partial charge in [0, 0.05) is 18.5 Å². The number of aromatic nitrogens is 2. The van der Waals surface area contributed by atoms with Crippen LogP contribution in [-0.4, -0.2) is 15.3 Å². The van der Waals surface area contributed by atoms with Crippen LogP contribution in [0.4, 0.5) is 0 Å². The first-order valence-corrected chi connectivity index (χ1v) is 5.48. The summed E-state index contributed by atoms with van der Waals surface area (Å²) in [7, 11) is 1.98. The molecular formula is C13H16N2O. The molecule has 0 aliphatic heterocycles. The van der Waals surface area contributed by atoms with E-state index in [4.69, 9.17) is 0 Å². The van der Waals surface area contributed by atoms with E-state index in [-0.39, 0.29) is 11.7 Å². The van der Waals surface area contributed by atoms with Crippen molar-refractivity contribution >= 4 is 16.8 Å². The van der Waals surface area contributed by atoms with Crippen molar-refractivity contribution in [3.63, 3.8) is 0 Å². The highest BCUT2D eigenvalue weighted by Crippen LogP contribution is 2.18. The Labute approximate surface area is 95.1 Å². The van der Waals surface area contributed by atoms with Crippen molar-refractivity contribution < 1.29 is 4.79 Å². The molecule has 0 fully saturated rings. The fourth-order valence-corrected chi connectivity index (χ4v) is 1.81. The molecule has 0 aliphatic carbocycles. The number of Topliss-reactive ketones (excluding diaryl/α,β-unsaturated/α-hetero) is 1. The van der Waals surface area contributed by atoms with Crippen LogP contribution < -0.4 is 0 Å². The number of rotatable bonds is 2. The van der Waals surface area contributed by atoms with Crippen LogP contribution in [0.25, 0.3) is 11.0 Å². The fraction of sp³-hybridized carbons (Fsp3) is 0.385. The molecule has 0 amide bonds. The molecular weight excluding hydrogens is 200 g/mol. The van der Waals surface area contributed by atoms with Gasteiger partial charge in [0.25, 0.3) is 0 Å². The van der Waals surface area contributed by atoms with Crippen molar-refractivity contribution in [3.05, 3.63) is 29.6 Å². The monoisotopic (exact) mass is 216 g/mol. The molecule has 16 heavy (non-hydrogen) atoms. The zero-order valence-electron chi connectivity index (χ0n) is 10.1. The molecule has 0 spiro atoms. The van der Waals surface area contributed by atoms with Crippen LogP contribution in [-0.2, 0) is 7.05 Å². The summed E-state index contributed by atoms with van der Waals surface area (Å²) in [6.07, 6.45) is 0. The lowest BCUT2D eigenvalue weighted by Crippen LogP contribution is -2.07. The van der Waals surface area contributed by atoms with Crippen LogP contribution in [0.2, 0.25) is 0 Å². The van der Waals surface area contributed by atoms with Gasteiger partial charge in [0.05, 0.1) is 11.0 Å². The molecule has 0 N–H and O–H groups in total. The van der Waals surface area contributed by atoms with E-state index < -0.39 is 0 Å². The summed E-state index contributed by atoms with van der Waals surface area (Å²) in [6, 6.07) is 5.72. The van der Waals surface area contributed by atoms with E-state index in [1.54, 1.807) is 0 Å². The zero-order valence-corrected chi connectivity index (χ0v) is 10.1. The quantitative estimate of drug-likeness (QED) is 0.723. The maximum atomic E-state index is 11.8. The van der Waals surface area contributed by atoms with Crippen molar-refractivity contribution in [2.45, 2.75) is 20.8 Å². The number of nitrogens with zero attached hydrogens (tertiary/aromatic N) is 2. The van der Waals surface area contributed by atoms with E-state index in [1.165, 1.54) is 0 Å². The molecule has 0 saturated heterocycles. The van der Waals surface area contributed by atoms with Crippen molar-refractivity contribution in [2.75, 3.05) is 0 Å². The Hall–Kier alpha value is -1.64. The summed E-state index contributed by atoms with van der Waals surface area (Å²) < 4.78 is 2.03. The van der Waals surface area contributed by atoms with E-state index >= 15 is 0 Å². The minimum atomic E-state index is 0.0299. The van der Waals surface area contributed by atoms with Gasteiger partial charge in [-0.1, -0.05) is 13.8 Å². The highest BCUT2D eigenvalue weighted by atomic mass is 16.1. The predicted octanol–water partition coefficient (Wildman–Crippen LogP) is 2.72. The third kappa shape index (κ3) is 1.62. The Morgan fingerprint density at radius 2 is 2.06 bits per heavy atom. The van der Waals surface area contributed by atoms with Gasteiger partial charge >= 0.3 is 0 Å². The highest BCUT2D eigenvalue weighted by molar-refractivity contribution is 6.00. The summed E-state index contributed by atoms with van der Waals surface area (Å²) in [5.41, 5.74) is 2.71. The Morgan fingerprint density at radius 1 is 1.38 bits per heavy atom. The van der Waals surface area contributed by atoms with E-state index in [0.717, 1.165) is 22.4 Å².